The molecule has 1 atom stereocenters. The number of halogens is 3. The van der Waals surface area contributed by atoms with Crippen LogP contribution in [0.1, 0.15) is 11.6 Å². The van der Waals surface area contributed by atoms with E-state index in [0.29, 0.717) is 22.4 Å². The van der Waals surface area contributed by atoms with Crippen LogP contribution in [0.3, 0.4) is 0 Å². The van der Waals surface area contributed by atoms with Crippen molar-refractivity contribution < 1.29 is 4.74 Å². The zero-order chi connectivity index (χ0) is 9.59. The summed E-state index contributed by atoms with van der Waals surface area (Å²) in [5, 5.41) is 1.13. The van der Waals surface area contributed by atoms with Crippen LogP contribution in [0.4, 0.5) is 0 Å². The van der Waals surface area contributed by atoms with Gasteiger partial charge < -0.3 is 10.5 Å². The minimum absolute atomic E-state index is 0.183. The molecule has 0 radical (unpaired) electrons. The third-order valence-corrected chi connectivity index (χ3v) is 3.48. The van der Waals surface area contributed by atoms with Gasteiger partial charge in [0.1, 0.15) is 12.4 Å². The van der Waals surface area contributed by atoms with E-state index < -0.39 is 0 Å². The number of fused-ring (bicyclic) bond motifs is 1. The summed E-state index contributed by atoms with van der Waals surface area (Å²) in [6.45, 7) is 0.436. The van der Waals surface area contributed by atoms with Gasteiger partial charge >= 0.3 is 0 Å². The largest absolute Gasteiger partial charge is 0.490 e. The molecule has 1 aliphatic heterocycles. The molecule has 0 spiro atoms. The zero-order valence-corrected chi connectivity index (χ0v) is 9.58. The molecule has 70 valence electrons. The highest BCUT2D eigenvalue weighted by atomic mass is 79.9. The van der Waals surface area contributed by atoms with E-state index in [9.17, 15) is 0 Å². The predicted octanol–water partition coefficient (Wildman–Crippen LogP) is 3.15. The highest BCUT2D eigenvalue weighted by molar-refractivity contribution is 9.10. The van der Waals surface area contributed by atoms with Crippen molar-refractivity contribution in [3.05, 3.63) is 26.1 Å². The molecule has 1 aromatic carbocycles. The van der Waals surface area contributed by atoms with E-state index in [1.807, 2.05) is 0 Å². The number of ether oxygens (including phenoxy) is 1. The Kier molecular flexibility index (Phi) is 2.45. The first-order chi connectivity index (χ1) is 6.11. The van der Waals surface area contributed by atoms with E-state index in [-0.39, 0.29) is 6.04 Å². The molecule has 2 nitrogen and oxygen atoms in total. The highest BCUT2D eigenvalue weighted by Gasteiger charge is 2.27. The van der Waals surface area contributed by atoms with Crippen LogP contribution in [0.15, 0.2) is 10.5 Å². The van der Waals surface area contributed by atoms with Gasteiger partial charge in [0.2, 0.25) is 0 Å². The van der Waals surface area contributed by atoms with Gasteiger partial charge in [-0.25, -0.2) is 0 Å². The number of nitrogens with two attached hydrogens (primary N) is 1. The zero-order valence-electron chi connectivity index (χ0n) is 6.48. The van der Waals surface area contributed by atoms with Crippen molar-refractivity contribution in [3.8, 4) is 5.75 Å². The van der Waals surface area contributed by atoms with E-state index in [1.165, 1.54) is 0 Å². The van der Waals surface area contributed by atoms with Crippen LogP contribution in [0, 0.1) is 0 Å². The summed E-state index contributed by atoms with van der Waals surface area (Å²) < 4.78 is 6.06. The fourth-order valence-electron chi connectivity index (χ4n) is 1.33. The second-order valence-corrected chi connectivity index (χ2v) is 4.45. The lowest BCUT2D eigenvalue weighted by Gasteiger charge is -2.07. The number of hydrogen-bond acceptors (Lipinski definition) is 2. The van der Waals surface area contributed by atoms with Gasteiger partial charge in [0.05, 0.1) is 16.1 Å². The summed E-state index contributed by atoms with van der Waals surface area (Å²) >= 11 is 15.3. The Hall–Kier alpha value is 0.0400. The van der Waals surface area contributed by atoms with Crippen molar-refractivity contribution in [2.24, 2.45) is 5.73 Å². The van der Waals surface area contributed by atoms with Gasteiger partial charge in [-0.15, -0.1) is 0 Å². The number of benzene rings is 1. The monoisotopic (exact) mass is 281 g/mol. The molecule has 0 fully saturated rings. The van der Waals surface area contributed by atoms with E-state index in [2.05, 4.69) is 15.9 Å². The average Bonchev–Trinajstić information content (AvgIpc) is 2.44. The van der Waals surface area contributed by atoms with Crippen molar-refractivity contribution in [1.29, 1.82) is 0 Å². The Balaban J connectivity index is 2.70. The third-order valence-electron chi connectivity index (χ3n) is 1.94. The Bertz CT molecular complexity index is 370. The summed E-state index contributed by atoms with van der Waals surface area (Å²) in [6.07, 6.45) is 0. The molecule has 5 heteroatoms. The lowest BCUT2D eigenvalue weighted by Crippen LogP contribution is -2.11. The molecular formula is C8H6BrCl2NO. The minimum atomic E-state index is -0.183. The molecule has 0 bridgehead atoms. The summed E-state index contributed by atoms with van der Waals surface area (Å²) in [7, 11) is 0. The van der Waals surface area contributed by atoms with Crippen molar-refractivity contribution in [2.45, 2.75) is 6.04 Å². The van der Waals surface area contributed by atoms with Crippen LogP contribution in [0.5, 0.6) is 5.75 Å². The van der Waals surface area contributed by atoms with Gasteiger partial charge in [0, 0.05) is 10.0 Å². The van der Waals surface area contributed by atoms with Gasteiger partial charge in [-0.05, 0) is 22.0 Å². The Morgan fingerprint density at radius 2 is 2.23 bits per heavy atom. The lowest BCUT2D eigenvalue weighted by molar-refractivity contribution is 0.333. The van der Waals surface area contributed by atoms with E-state index in [1.54, 1.807) is 6.07 Å². The van der Waals surface area contributed by atoms with Crippen LogP contribution >= 0.6 is 39.1 Å². The molecule has 0 aliphatic carbocycles. The van der Waals surface area contributed by atoms with Crippen LogP contribution in [0.2, 0.25) is 10.0 Å². The molecule has 1 aliphatic rings. The van der Waals surface area contributed by atoms with Crippen molar-refractivity contribution in [1.82, 2.24) is 0 Å². The average molecular weight is 283 g/mol. The van der Waals surface area contributed by atoms with Crippen LogP contribution in [-0.4, -0.2) is 6.61 Å². The molecule has 0 aromatic heterocycles. The third kappa shape index (κ3) is 1.44. The molecule has 0 amide bonds. The summed E-state index contributed by atoms with van der Waals surface area (Å²) in [4.78, 5) is 0. The second kappa shape index (κ2) is 3.31. The molecule has 0 unspecified atom stereocenters. The summed E-state index contributed by atoms with van der Waals surface area (Å²) in [5.41, 5.74) is 6.59. The number of hydrogen-bond donors (Lipinski definition) is 1. The quantitative estimate of drug-likeness (QED) is 0.742. The van der Waals surface area contributed by atoms with E-state index in [0.717, 1.165) is 10.0 Å². The first kappa shape index (κ1) is 9.59. The SMILES string of the molecule is N[C@H]1COc2c(Cl)cc(Br)c(Cl)c21. The Morgan fingerprint density at radius 1 is 1.54 bits per heavy atom. The maximum atomic E-state index is 6.04. The first-order valence-electron chi connectivity index (χ1n) is 3.67. The summed E-state index contributed by atoms with van der Waals surface area (Å²) in [5.74, 6) is 0.613. The van der Waals surface area contributed by atoms with Gasteiger partial charge in [-0.1, -0.05) is 23.2 Å². The predicted molar refractivity (Wildman–Crippen MR) is 56.6 cm³/mol. The van der Waals surface area contributed by atoms with E-state index >= 15 is 0 Å². The number of rotatable bonds is 0. The lowest BCUT2D eigenvalue weighted by atomic mass is 10.1. The van der Waals surface area contributed by atoms with Crippen LogP contribution in [-0.2, 0) is 0 Å². The van der Waals surface area contributed by atoms with Gasteiger partial charge in [0.15, 0.2) is 0 Å². The molecule has 0 saturated heterocycles. The van der Waals surface area contributed by atoms with Gasteiger partial charge in [-0.2, -0.15) is 0 Å². The molecule has 13 heavy (non-hydrogen) atoms. The van der Waals surface area contributed by atoms with Crippen molar-refractivity contribution in [3.63, 3.8) is 0 Å². The second-order valence-electron chi connectivity index (χ2n) is 2.81. The molecule has 1 heterocycles. The standard InChI is InChI=1S/C8H6BrCl2NO/c9-3-1-4(10)8-6(7(3)11)5(12)2-13-8/h1,5H,2,12H2/t5-/m0/s1. The molecular weight excluding hydrogens is 277 g/mol. The Morgan fingerprint density at radius 3 is 2.92 bits per heavy atom. The smallest absolute Gasteiger partial charge is 0.144 e. The van der Waals surface area contributed by atoms with Crippen molar-refractivity contribution in [2.75, 3.05) is 6.61 Å². The topological polar surface area (TPSA) is 35.2 Å². The minimum Gasteiger partial charge on any atom is -0.490 e. The highest BCUT2D eigenvalue weighted by Crippen LogP contribution is 2.45. The van der Waals surface area contributed by atoms with Crippen molar-refractivity contribution >= 4 is 39.1 Å². The van der Waals surface area contributed by atoms with Gasteiger partial charge in [-0.3, -0.25) is 0 Å². The van der Waals surface area contributed by atoms with Crippen LogP contribution in [0.25, 0.3) is 0 Å². The molecule has 0 saturated carbocycles. The molecule has 2 N–H and O–H groups in total. The normalized spacial score (nSPS) is 19.8. The molecule has 2 rings (SSSR count). The summed E-state index contributed by atoms with van der Waals surface area (Å²) in [6, 6.07) is 1.53. The van der Waals surface area contributed by atoms with Crippen LogP contribution < -0.4 is 10.5 Å². The molecule has 1 aromatic rings. The fourth-order valence-corrected chi connectivity index (χ4v) is 2.45. The fraction of sp³-hybridized carbons (Fsp3) is 0.250. The Labute approximate surface area is 94.1 Å². The maximum absolute atomic E-state index is 6.04. The maximum Gasteiger partial charge on any atom is 0.144 e. The first-order valence-corrected chi connectivity index (χ1v) is 5.22. The van der Waals surface area contributed by atoms with E-state index in [4.69, 9.17) is 33.7 Å². The van der Waals surface area contributed by atoms with Gasteiger partial charge in [0.25, 0.3) is 0 Å².